The van der Waals surface area contributed by atoms with Crippen molar-refractivity contribution >= 4 is 0 Å². The number of rotatable bonds is 2. The predicted octanol–water partition coefficient (Wildman–Crippen LogP) is 1.25. The second kappa shape index (κ2) is 4.05. The fourth-order valence-electron chi connectivity index (χ4n) is 1.90. The first-order valence-electron chi connectivity index (χ1n) is 5.35. The third-order valence-corrected chi connectivity index (χ3v) is 2.62. The van der Waals surface area contributed by atoms with Gasteiger partial charge in [-0.25, -0.2) is 9.97 Å². The van der Waals surface area contributed by atoms with Crippen molar-refractivity contribution in [3.63, 3.8) is 0 Å². The fraction of sp³-hybridized carbons (Fsp3) is 0.636. The van der Waals surface area contributed by atoms with Gasteiger partial charge in [-0.3, -0.25) is 0 Å². The van der Waals surface area contributed by atoms with Crippen LogP contribution in [0.5, 0.6) is 0 Å². The van der Waals surface area contributed by atoms with Gasteiger partial charge in [0.05, 0.1) is 0 Å². The summed E-state index contributed by atoms with van der Waals surface area (Å²) in [7, 11) is 0. The second-order valence-corrected chi connectivity index (χ2v) is 4.15. The van der Waals surface area contributed by atoms with Gasteiger partial charge in [-0.15, -0.1) is 0 Å². The van der Waals surface area contributed by atoms with Crippen LogP contribution in [0.4, 0.5) is 0 Å². The lowest BCUT2D eigenvalue weighted by Gasteiger charge is -2.15. The Morgan fingerprint density at radius 2 is 2.21 bits per heavy atom. The molecule has 0 aliphatic heterocycles. The van der Waals surface area contributed by atoms with Crippen LogP contribution in [0.25, 0.3) is 0 Å². The smallest absolute Gasteiger partial charge is 0.130 e. The molecular weight excluding hydrogens is 174 g/mol. The maximum Gasteiger partial charge on any atom is 0.130 e. The quantitative estimate of drug-likeness (QED) is 0.765. The van der Waals surface area contributed by atoms with Crippen molar-refractivity contribution in [2.24, 2.45) is 5.73 Å². The molecule has 2 N–H and O–H groups in total. The second-order valence-electron chi connectivity index (χ2n) is 4.15. The molecule has 1 aliphatic rings. The van der Waals surface area contributed by atoms with Crippen LogP contribution in [-0.2, 0) is 19.3 Å². The van der Waals surface area contributed by atoms with Gasteiger partial charge in [-0.1, -0.05) is 0 Å². The first-order valence-corrected chi connectivity index (χ1v) is 5.35. The van der Waals surface area contributed by atoms with Gasteiger partial charge in [-0.05, 0) is 38.2 Å². The van der Waals surface area contributed by atoms with Crippen molar-refractivity contribution in [2.45, 2.75) is 45.1 Å². The number of hydrogen-bond acceptors (Lipinski definition) is 3. The van der Waals surface area contributed by atoms with Gasteiger partial charge in [0.2, 0.25) is 0 Å². The fourth-order valence-corrected chi connectivity index (χ4v) is 1.90. The molecule has 76 valence electrons. The van der Waals surface area contributed by atoms with E-state index in [0.29, 0.717) is 0 Å². The van der Waals surface area contributed by atoms with Gasteiger partial charge in [0.1, 0.15) is 5.82 Å². The Morgan fingerprint density at radius 3 is 3.00 bits per heavy atom. The molecule has 0 amide bonds. The van der Waals surface area contributed by atoms with E-state index >= 15 is 0 Å². The van der Waals surface area contributed by atoms with Gasteiger partial charge in [0.15, 0.2) is 0 Å². The molecule has 1 unspecified atom stereocenters. The Bertz CT molecular complexity index is 320. The topological polar surface area (TPSA) is 51.8 Å². The summed E-state index contributed by atoms with van der Waals surface area (Å²) in [5, 5.41) is 0. The lowest BCUT2D eigenvalue weighted by molar-refractivity contribution is 0.638. The maximum atomic E-state index is 5.72. The van der Waals surface area contributed by atoms with Gasteiger partial charge in [-0.2, -0.15) is 0 Å². The highest BCUT2D eigenvalue weighted by atomic mass is 14.9. The summed E-state index contributed by atoms with van der Waals surface area (Å²) in [4.78, 5) is 8.90. The standard InChI is InChI=1S/C11H17N3/c1-8(12)6-11-13-7-9-4-2-3-5-10(9)14-11/h7-8H,2-6,12H2,1H3. The molecule has 0 saturated heterocycles. The Labute approximate surface area is 84.8 Å². The number of aromatic nitrogens is 2. The molecule has 2 rings (SSSR count). The third-order valence-electron chi connectivity index (χ3n) is 2.62. The molecule has 0 saturated carbocycles. The number of nitrogens with zero attached hydrogens (tertiary/aromatic N) is 2. The molecule has 0 bridgehead atoms. The minimum absolute atomic E-state index is 0.150. The van der Waals surface area contributed by atoms with E-state index in [0.717, 1.165) is 25.1 Å². The average Bonchev–Trinajstić information content (AvgIpc) is 2.17. The largest absolute Gasteiger partial charge is 0.328 e. The molecule has 1 aromatic heterocycles. The Morgan fingerprint density at radius 1 is 1.43 bits per heavy atom. The molecule has 1 aliphatic carbocycles. The maximum absolute atomic E-state index is 5.72. The van der Waals surface area contributed by atoms with Gasteiger partial charge >= 0.3 is 0 Å². The van der Waals surface area contributed by atoms with Crippen LogP contribution >= 0.6 is 0 Å². The highest BCUT2D eigenvalue weighted by molar-refractivity contribution is 5.20. The van der Waals surface area contributed by atoms with E-state index < -0.39 is 0 Å². The van der Waals surface area contributed by atoms with Gasteiger partial charge in [0.25, 0.3) is 0 Å². The monoisotopic (exact) mass is 191 g/mol. The zero-order valence-electron chi connectivity index (χ0n) is 8.66. The molecule has 1 atom stereocenters. The van der Waals surface area contributed by atoms with E-state index in [-0.39, 0.29) is 6.04 Å². The molecule has 1 aromatic rings. The van der Waals surface area contributed by atoms with Crippen molar-refractivity contribution in [3.05, 3.63) is 23.3 Å². The van der Waals surface area contributed by atoms with Gasteiger partial charge < -0.3 is 5.73 Å². The van der Waals surface area contributed by atoms with Crippen LogP contribution < -0.4 is 5.73 Å². The molecule has 3 nitrogen and oxygen atoms in total. The van der Waals surface area contributed by atoms with Crippen molar-refractivity contribution in [3.8, 4) is 0 Å². The summed E-state index contributed by atoms with van der Waals surface area (Å²) in [6.07, 6.45) is 7.58. The Balaban J connectivity index is 2.20. The zero-order valence-corrected chi connectivity index (χ0v) is 8.66. The normalized spacial score (nSPS) is 17.6. The summed E-state index contributed by atoms with van der Waals surface area (Å²) >= 11 is 0. The van der Waals surface area contributed by atoms with Crippen LogP contribution in [0, 0.1) is 0 Å². The van der Waals surface area contributed by atoms with E-state index in [4.69, 9.17) is 5.73 Å². The molecule has 0 aromatic carbocycles. The van der Waals surface area contributed by atoms with Crippen molar-refractivity contribution in [2.75, 3.05) is 0 Å². The highest BCUT2D eigenvalue weighted by Gasteiger charge is 2.12. The Kier molecular flexibility index (Phi) is 2.77. The van der Waals surface area contributed by atoms with E-state index in [1.54, 1.807) is 0 Å². The summed E-state index contributed by atoms with van der Waals surface area (Å²) in [6, 6.07) is 0.150. The van der Waals surface area contributed by atoms with Crippen LogP contribution in [0.15, 0.2) is 6.20 Å². The first kappa shape index (κ1) is 9.59. The molecule has 3 heteroatoms. The third kappa shape index (κ3) is 2.10. The minimum Gasteiger partial charge on any atom is -0.328 e. The summed E-state index contributed by atoms with van der Waals surface area (Å²) in [5.74, 6) is 0.903. The molecular formula is C11H17N3. The van der Waals surface area contributed by atoms with Crippen LogP contribution in [-0.4, -0.2) is 16.0 Å². The zero-order chi connectivity index (χ0) is 9.97. The first-order chi connectivity index (χ1) is 6.75. The van der Waals surface area contributed by atoms with Crippen molar-refractivity contribution in [1.29, 1.82) is 0 Å². The highest BCUT2D eigenvalue weighted by Crippen LogP contribution is 2.18. The van der Waals surface area contributed by atoms with Gasteiger partial charge in [0, 0.05) is 24.4 Å². The van der Waals surface area contributed by atoms with E-state index in [2.05, 4.69) is 9.97 Å². The van der Waals surface area contributed by atoms with Crippen LogP contribution in [0.1, 0.15) is 36.8 Å². The van der Waals surface area contributed by atoms with Crippen molar-refractivity contribution in [1.82, 2.24) is 9.97 Å². The average molecular weight is 191 g/mol. The van der Waals surface area contributed by atoms with E-state index in [1.165, 1.54) is 24.1 Å². The van der Waals surface area contributed by atoms with Crippen molar-refractivity contribution < 1.29 is 0 Å². The summed E-state index contributed by atoms with van der Waals surface area (Å²) < 4.78 is 0. The molecule has 14 heavy (non-hydrogen) atoms. The van der Waals surface area contributed by atoms with E-state index in [1.807, 2.05) is 13.1 Å². The lowest BCUT2D eigenvalue weighted by Crippen LogP contribution is -2.20. The molecule has 0 spiro atoms. The number of aryl methyl sites for hydroxylation is 2. The summed E-state index contributed by atoms with van der Waals surface area (Å²) in [5.41, 5.74) is 8.31. The molecule has 0 radical (unpaired) electrons. The predicted molar refractivity (Wildman–Crippen MR) is 56.0 cm³/mol. The minimum atomic E-state index is 0.150. The van der Waals surface area contributed by atoms with Crippen LogP contribution in [0.3, 0.4) is 0 Å². The summed E-state index contributed by atoms with van der Waals surface area (Å²) in [6.45, 7) is 1.99. The SMILES string of the molecule is CC(N)Cc1ncc2c(n1)CCCC2. The number of fused-ring (bicyclic) bond motifs is 1. The lowest BCUT2D eigenvalue weighted by atomic mass is 9.97. The molecule has 0 fully saturated rings. The Hall–Kier alpha value is -0.960. The molecule has 1 heterocycles. The number of nitrogens with two attached hydrogens (primary N) is 1. The number of hydrogen-bond donors (Lipinski definition) is 1. The van der Waals surface area contributed by atoms with Crippen LogP contribution in [0.2, 0.25) is 0 Å². The van der Waals surface area contributed by atoms with E-state index in [9.17, 15) is 0 Å².